The maximum atomic E-state index is 11.8. The summed E-state index contributed by atoms with van der Waals surface area (Å²) >= 11 is 0. The van der Waals surface area contributed by atoms with Gasteiger partial charge in [-0.2, -0.15) is 0 Å². The lowest BCUT2D eigenvalue weighted by Gasteiger charge is -2.06. The zero-order chi connectivity index (χ0) is 15.9. The maximum absolute atomic E-state index is 11.8. The van der Waals surface area contributed by atoms with Crippen molar-refractivity contribution in [1.82, 2.24) is 4.98 Å². The van der Waals surface area contributed by atoms with Gasteiger partial charge >= 0.3 is 5.97 Å². The number of nitrogens with zero attached hydrogens (tertiary/aromatic N) is 1. The third kappa shape index (κ3) is 4.07. The highest BCUT2D eigenvalue weighted by atomic mass is 16.6. The van der Waals surface area contributed by atoms with E-state index in [9.17, 15) is 14.9 Å². The standard InChI is InChI=1S/C16H20N2O4/c1-2-3-4-5-8-22-16(19)11-13-9-14-12(6-7-17-14)10-15(13)18(20)21/h6-7,9-10,17H,2-5,8,11H2,1H3. The largest absolute Gasteiger partial charge is 0.465 e. The van der Waals surface area contributed by atoms with Crippen LogP contribution in [0, 0.1) is 10.1 Å². The molecule has 118 valence electrons. The zero-order valence-corrected chi connectivity index (χ0v) is 12.6. The van der Waals surface area contributed by atoms with Crippen molar-refractivity contribution in [3.05, 3.63) is 40.1 Å². The monoisotopic (exact) mass is 304 g/mol. The highest BCUT2D eigenvalue weighted by Gasteiger charge is 2.18. The number of fused-ring (bicyclic) bond motifs is 1. The van der Waals surface area contributed by atoms with Crippen LogP contribution in [-0.2, 0) is 16.0 Å². The second-order valence-electron chi connectivity index (χ2n) is 5.26. The number of ether oxygens (including phenoxy) is 1. The van der Waals surface area contributed by atoms with Gasteiger partial charge in [-0.25, -0.2) is 0 Å². The molecular weight excluding hydrogens is 284 g/mol. The lowest BCUT2D eigenvalue weighted by molar-refractivity contribution is -0.385. The lowest BCUT2D eigenvalue weighted by Crippen LogP contribution is -2.10. The number of carbonyl (C=O) groups excluding carboxylic acids is 1. The average molecular weight is 304 g/mol. The van der Waals surface area contributed by atoms with Gasteiger partial charge in [0.1, 0.15) is 0 Å². The van der Waals surface area contributed by atoms with Crippen molar-refractivity contribution in [1.29, 1.82) is 0 Å². The number of unbranched alkanes of at least 4 members (excludes halogenated alkanes) is 3. The minimum Gasteiger partial charge on any atom is -0.465 e. The van der Waals surface area contributed by atoms with Crippen molar-refractivity contribution in [2.45, 2.75) is 39.0 Å². The number of aromatic amines is 1. The molecule has 1 heterocycles. The van der Waals surface area contributed by atoms with Crippen molar-refractivity contribution in [3.63, 3.8) is 0 Å². The molecule has 0 spiro atoms. The molecule has 6 heteroatoms. The fraction of sp³-hybridized carbons (Fsp3) is 0.438. The second-order valence-corrected chi connectivity index (χ2v) is 5.26. The smallest absolute Gasteiger partial charge is 0.310 e. The molecule has 2 rings (SSSR count). The number of rotatable bonds is 8. The van der Waals surface area contributed by atoms with E-state index in [1.54, 1.807) is 18.3 Å². The van der Waals surface area contributed by atoms with Crippen LogP contribution in [0.3, 0.4) is 0 Å². The van der Waals surface area contributed by atoms with E-state index < -0.39 is 10.9 Å². The number of nitrogens with one attached hydrogen (secondary N) is 1. The highest BCUT2D eigenvalue weighted by Crippen LogP contribution is 2.26. The van der Waals surface area contributed by atoms with Crippen LogP contribution in [0.5, 0.6) is 0 Å². The van der Waals surface area contributed by atoms with Crippen molar-refractivity contribution in [3.8, 4) is 0 Å². The molecule has 0 saturated heterocycles. The molecular formula is C16H20N2O4. The summed E-state index contributed by atoms with van der Waals surface area (Å²) in [6, 6.07) is 4.89. The summed E-state index contributed by atoms with van der Waals surface area (Å²) in [6.45, 7) is 2.49. The summed E-state index contributed by atoms with van der Waals surface area (Å²) in [4.78, 5) is 25.5. The molecule has 0 amide bonds. The molecule has 0 aliphatic heterocycles. The van der Waals surface area contributed by atoms with Gasteiger partial charge in [0.15, 0.2) is 0 Å². The van der Waals surface area contributed by atoms with Crippen molar-refractivity contribution < 1.29 is 14.5 Å². The van der Waals surface area contributed by atoms with Crippen LogP contribution in [0.4, 0.5) is 5.69 Å². The molecule has 0 aliphatic rings. The molecule has 0 unspecified atom stereocenters. The Labute approximate surface area is 128 Å². The third-order valence-electron chi connectivity index (χ3n) is 3.54. The van der Waals surface area contributed by atoms with E-state index in [1.807, 2.05) is 0 Å². The van der Waals surface area contributed by atoms with Gasteiger partial charge in [0.25, 0.3) is 5.69 Å². The van der Waals surface area contributed by atoms with Crippen molar-refractivity contribution in [2.75, 3.05) is 6.61 Å². The quantitative estimate of drug-likeness (QED) is 0.348. The van der Waals surface area contributed by atoms with Gasteiger partial charge in [-0.1, -0.05) is 26.2 Å². The van der Waals surface area contributed by atoms with Crippen LogP contribution in [0.15, 0.2) is 24.4 Å². The van der Waals surface area contributed by atoms with Crippen LogP contribution in [0.25, 0.3) is 10.9 Å². The van der Waals surface area contributed by atoms with Crippen LogP contribution < -0.4 is 0 Å². The first-order chi connectivity index (χ1) is 10.6. The predicted molar refractivity (Wildman–Crippen MR) is 83.8 cm³/mol. The maximum Gasteiger partial charge on any atom is 0.310 e. The van der Waals surface area contributed by atoms with E-state index in [0.717, 1.165) is 36.6 Å². The minimum absolute atomic E-state index is 0.0463. The first-order valence-electron chi connectivity index (χ1n) is 7.52. The van der Waals surface area contributed by atoms with Crippen molar-refractivity contribution in [2.24, 2.45) is 0 Å². The molecule has 6 nitrogen and oxygen atoms in total. The summed E-state index contributed by atoms with van der Waals surface area (Å²) in [5, 5.41) is 11.9. The van der Waals surface area contributed by atoms with E-state index in [4.69, 9.17) is 4.74 Å². The second kappa shape index (κ2) is 7.59. The number of aromatic nitrogens is 1. The first kappa shape index (κ1) is 16.0. The van der Waals surface area contributed by atoms with Crippen molar-refractivity contribution >= 4 is 22.6 Å². The fourth-order valence-corrected chi connectivity index (χ4v) is 2.37. The minimum atomic E-state index is -0.462. The Hall–Kier alpha value is -2.37. The van der Waals surface area contributed by atoms with Crippen LogP contribution in [0.2, 0.25) is 0 Å². The average Bonchev–Trinajstić information content (AvgIpc) is 2.93. The van der Waals surface area contributed by atoms with E-state index in [2.05, 4.69) is 11.9 Å². The Morgan fingerprint density at radius 3 is 2.86 bits per heavy atom. The Kier molecular flexibility index (Phi) is 5.52. The summed E-state index contributed by atoms with van der Waals surface area (Å²) in [5.41, 5.74) is 1.10. The van der Waals surface area contributed by atoms with Gasteiger partial charge in [0, 0.05) is 28.7 Å². The molecule has 0 bridgehead atoms. The molecule has 0 saturated carbocycles. The van der Waals surface area contributed by atoms with Gasteiger partial charge in [0.05, 0.1) is 18.0 Å². The summed E-state index contributed by atoms with van der Waals surface area (Å²) in [6.07, 6.45) is 5.72. The number of hydrogen-bond donors (Lipinski definition) is 1. The Balaban J connectivity index is 2.01. The van der Waals surface area contributed by atoms with Gasteiger partial charge in [-0.15, -0.1) is 0 Å². The van der Waals surface area contributed by atoms with Gasteiger partial charge < -0.3 is 9.72 Å². The fourth-order valence-electron chi connectivity index (χ4n) is 2.37. The number of esters is 1. The number of nitro groups is 1. The highest BCUT2D eigenvalue weighted by molar-refractivity contribution is 5.85. The molecule has 1 aromatic heterocycles. The molecule has 1 N–H and O–H groups in total. The van der Waals surface area contributed by atoms with Gasteiger partial charge in [-0.05, 0) is 18.6 Å². The SMILES string of the molecule is CCCCCCOC(=O)Cc1cc2[nH]ccc2cc1[N+](=O)[O-]. The Morgan fingerprint density at radius 2 is 2.14 bits per heavy atom. The number of H-pyrrole nitrogens is 1. The topological polar surface area (TPSA) is 85.2 Å². The van der Waals surface area contributed by atoms with E-state index >= 15 is 0 Å². The van der Waals surface area contributed by atoms with E-state index in [-0.39, 0.29) is 12.1 Å². The molecule has 0 radical (unpaired) electrons. The van der Waals surface area contributed by atoms with Gasteiger partial charge in [0.2, 0.25) is 0 Å². The van der Waals surface area contributed by atoms with Crippen LogP contribution >= 0.6 is 0 Å². The van der Waals surface area contributed by atoms with Crippen LogP contribution in [0.1, 0.15) is 38.2 Å². The normalized spacial score (nSPS) is 10.8. The number of benzene rings is 1. The Bertz CT molecular complexity index is 663. The van der Waals surface area contributed by atoms with E-state index in [0.29, 0.717) is 12.2 Å². The molecule has 0 atom stereocenters. The number of carbonyl (C=O) groups is 1. The summed E-state index contributed by atoms with van der Waals surface area (Å²) in [7, 11) is 0. The van der Waals surface area contributed by atoms with Crippen LogP contribution in [-0.4, -0.2) is 22.5 Å². The lowest BCUT2D eigenvalue weighted by atomic mass is 10.1. The number of hydrogen-bond acceptors (Lipinski definition) is 4. The third-order valence-corrected chi connectivity index (χ3v) is 3.54. The summed E-state index contributed by atoms with van der Waals surface area (Å²) in [5.74, 6) is -0.425. The van der Waals surface area contributed by atoms with Gasteiger partial charge in [-0.3, -0.25) is 14.9 Å². The summed E-state index contributed by atoms with van der Waals surface area (Å²) < 4.78 is 5.15. The molecule has 0 aliphatic carbocycles. The predicted octanol–water partition coefficient (Wildman–Crippen LogP) is 3.74. The molecule has 1 aromatic carbocycles. The Morgan fingerprint density at radius 1 is 1.32 bits per heavy atom. The zero-order valence-electron chi connectivity index (χ0n) is 12.6. The molecule has 0 fully saturated rings. The van der Waals surface area contributed by atoms with E-state index in [1.165, 1.54) is 6.07 Å². The molecule has 2 aromatic rings. The number of nitro benzene ring substituents is 1. The first-order valence-corrected chi connectivity index (χ1v) is 7.52. The molecule has 22 heavy (non-hydrogen) atoms.